The Bertz CT molecular complexity index is 1130. The minimum absolute atomic E-state index is 0.164. The van der Waals surface area contributed by atoms with Crippen LogP contribution in [0.5, 0.6) is 0 Å². The molecule has 1 aliphatic heterocycles. The van der Waals surface area contributed by atoms with Gasteiger partial charge in [-0.15, -0.1) is 0 Å². The van der Waals surface area contributed by atoms with Crippen molar-refractivity contribution in [1.29, 1.82) is 0 Å². The molecule has 2 heterocycles. The highest BCUT2D eigenvalue weighted by Crippen LogP contribution is 2.32. The minimum Gasteiger partial charge on any atom is -0.463 e. The highest BCUT2D eigenvalue weighted by Gasteiger charge is 2.55. The molecule has 1 aromatic rings. The fourth-order valence-electron chi connectivity index (χ4n) is 6.49. The van der Waals surface area contributed by atoms with Gasteiger partial charge in [0.25, 0.3) is 5.91 Å². The normalized spacial score (nSPS) is 18.4. The number of nitrogens with two attached hydrogens (primary N) is 1. The quantitative estimate of drug-likeness (QED) is 0.0361. The lowest BCUT2D eigenvalue weighted by molar-refractivity contribution is -0.765. The first kappa shape index (κ1) is 44.2. The zero-order valence-corrected chi connectivity index (χ0v) is 32.1. The maximum Gasteiger partial charge on any atom is 0.306 e. The van der Waals surface area contributed by atoms with Gasteiger partial charge in [-0.25, -0.2) is 0 Å². The number of ether oxygens (including phenoxy) is 4. The summed E-state index contributed by atoms with van der Waals surface area (Å²) in [4.78, 5) is 51.3. The van der Waals surface area contributed by atoms with Gasteiger partial charge in [0, 0.05) is 25.3 Å². The number of pyridine rings is 1. The first-order valence-electron chi connectivity index (χ1n) is 20.3. The molecule has 0 bridgehead atoms. The monoisotopic (exact) mass is 718 g/mol. The van der Waals surface area contributed by atoms with Crippen molar-refractivity contribution >= 4 is 23.8 Å². The predicted molar refractivity (Wildman–Crippen MR) is 198 cm³/mol. The van der Waals surface area contributed by atoms with Gasteiger partial charge in [0.1, 0.15) is 18.3 Å². The molecule has 1 aliphatic rings. The molecule has 4 atom stereocenters. The number of hydrogen-bond acceptors (Lipinski definition) is 8. The number of aromatic nitrogens is 1. The second kappa shape index (κ2) is 27.6. The highest BCUT2D eigenvalue weighted by atomic mass is 16.7. The van der Waals surface area contributed by atoms with Crippen LogP contribution in [0.15, 0.2) is 24.5 Å². The molecule has 0 spiro atoms. The van der Waals surface area contributed by atoms with Crippen LogP contribution < -0.4 is 10.3 Å². The van der Waals surface area contributed by atoms with E-state index in [1.54, 1.807) is 22.9 Å². The number of esters is 3. The molecule has 0 radical (unpaired) electrons. The van der Waals surface area contributed by atoms with E-state index in [4.69, 9.17) is 24.7 Å². The molecule has 2 rings (SSSR count). The van der Waals surface area contributed by atoms with Gasteiger partial charge >= 0.3 is 24.1 Å². The number of carbonyl (C=O) groups is 4. The molecule has 290 valence electrons. The molecular weight excluding hydrogens is 648 g/mol. The molecule has 0 aromatic carbocycles. The fraction of sp³-hybridized carbons (Fsp3) is 0.780. The van der Waals surface area contributed by atoms with E-state index >= 15 is 0 Å². The minimum atomic E-state index is -1.03. The van der Waals surface area contributed by atoms with Crippen LogP contribution in [-0.2, 0) is 33.3 Å². The second-order valence-electron chi connectivity index (χ2n) is 14.2. The standard InChI is InChI=1S/C41H68N2O8/c1-4-7-10-13-16-19-22-27-35(44)48-32-34-38(50-36(45)28-23-20-17-14-11-8-5-2)39(51-37(46)29-24-21-18-15-12-9-6-3)41(49-34)43-30-25-26-33(31-43)40(42)47/h25-26,30-31,34,38-39,41H,4-24,27-29,32H2,1-3H3,(H-,42,47)/p+1/t34-,38-,39-,41-/m1/s1. The molecule has 1 fully saturated rings. The lowest BCUT2D eigenvalue weighted by Gasteiger charge is -2.23. The number of hydrogen-bond donors (Lipinski definition) is 1. The molecule has 10 heteroatoms. The van der Waals surface area contributed by atoms with E-state index in [-0.39, 0.29) is 31.0 Å². The summed E-state index contributed by atoms with van der Waals surface area (Å²) in [6.45, 7) is 6.40. The summed E-state index contributed by atoms with van der Waals surface area (Å²) in [7, 11) is 0. The SMILES string of the molecule is CCCCCCCCCC(=O)OC[C@H]1O[C@@H]([n+]2cccc(C(N)=O)c2)[C@H](OC(=O)CCCCCCCCC)[C@@H]1OC(=O)CCCCCCCCC. The van der Waals surface area contributed by atoms with Crippen LogP contribution in [-0.4, -0.2) is 48.7 Å². The van der Waals surface area contributed by atoms with Gasteiger partial charge in [0.2, 0.25) is 6.10 Å². The van der Waals surface area contributed by atoms with E-state index < -0.39 is 42.4 Å². The largest absolute Gasteiger partial charge is 0.463 e. The van der Waals surface area contributed by atoms with Gasteiger partial charge in [0.15, 0.2) is 18.5 Å². The predicted octanol–water partition coefficient (Wildman–Crippen LogP) is 8.76. The van der Waals surface area contributed by atoms with Crippen molar-refractivity contribution in [2.24, 2.45) is 5.73 Å². The van der Waals surface area contributed by atoms with Crippen LogP contribution in [0.1, 0.15) is 191 Å². The molecule has 1 aromatic heterocycles. The summed E-state index contributed by atoms with van der Waals surface area (Å²) >= 11 is 0. The van der Waals surface area contributed by atoms with E-state index in [9.17, 15) is 19.2 Å². The summed E-state index contributed by atoms with van der Waals surface area (Å²) < 4.78 is 25.7. The Morgan fingerprint density at radius 3 is 1.53 bits per heavy atom. The molecule has 1 amide bonds. The topological polar surface area (TPSA) is 135 Å². The third kappa shape index (κ3) is 18.9. The number of amides is 1. The first-order chi connectivity index (χ1) is 24.8. The Labute approximate surface area is 307 Å². The number of nitrogens with zero attached hydrogens (tertiary/aromatic N) is 1. The molecular formula is C41H69N2O8+. The van der Waals surface area contributed by atoms with Crippen molar-refractivity contribution in [2.45, 2.75) is 199 Å². The summed E-state index contributed by atoms with van der Waals surface area (Å²) in [5, 5.41) is 0. The van der Waals surface area contributed by atoms with Crippen molar-refractivity contribution in [3.8, 4) is 0 Å². The van der Waals surface area contributed by atoms with Crippen molar-refractivity contribution in [3.05, 3.63) is 30.1 Å². The Balaban J connectivity index is 2.16. The molecule has 0 unspecified atom stereocenters. The molecule has 10 nitrogen and oxygen atoms in total. The van der Waals surface area contributed by atoms with Gasteiger partial charge in [-0.3, -0.25) is 19.2 Å². The van der Waals surface area contributed by atoms with Crippen LogP contribution in [0.25, 0.3) is 0 Å². The van der Waals surface area contributed by atoms with Crippen LogP contribution >= 0.6 is 0 Å². The average Bonchev–Trinajstić information content (AvgIpc) is 3.45. The molecule has 0 aliphatic carbocycles. The number of unbranched alkanes of at least 4 members (excludes halogenated alkanes) is 18. The smallest absolute Gasteiger partial charge is 0.306 e. The van der Waals surface area contributed by atoms with E-state index in [2.05, 4.69) is 20.8 Å². The maximum atomic E-state index is 13.3. The van der Waals surface area contributed by atoms with Crippen LogP contribution in [0.3, 0.4) is 0 Å². The van der Waals surface area contributed by atoms with Crippen molar-refractivity contribution in [3.63, 3.8) is 0 Å². The summed E-state index contributed by atoms with van der Waals surface area (Å²) in [5.74, 6) is -1.80. The van der Waals surface area contributed by atoms with Crippen LogP contribution in [0, 0.1) is 0 Å². The second-order valence-corrected chi connectivity index (χ2v) is 14.2. The van der Waals surface area contributed by atoms with Gasteiger partial charge < -0.3 is 24.7 Å². The summed E-state index contributed by atoms with van der Waals surface area (Å²) in [6, 6.07) is 3.23. The maximum absolute atomic E-state index is 13.3. The Morgan fingerprint density at radius 2 is 1.06 bits per heavy atom. The third-order valence-electron chi connectivity index (χ3n) is 9.58. The van der Waals surface area contributed by atoms with Gasteiger partial charge in [-0.05, 0) is 25.3 Å². The van der Waals surface area contributed by atoms with E-state index in [1.807, 2.05) is 0 Å². The van der Waals surface area contributed by atoms with Crippen molar-refractivity contribution < 1.29 is 42.7 Å². The average molecular weight is 718 g/mol. The molecule has 0 saturated carbocycles. The Morgan fingerprint density at radius 1 is 0.627 bits per heavy atom. The van der Waals surface area contributed by atoms with Crippen molar-refractivity contribution in [2.75, 3.05) is 6.61 Å². The lowest BCUT2D eigenvalue weighted by atomic mass is 10.1. The van der Waals surface area contributed by atoms with E-state index in [1.165, 1.54) is 70.4 Å². The summed E-state index contributed by atoms with van der Waals surface area (Å²) in [6.07, 6.45) is 22.5. The molecule has 1 saturated heterocycles. The van der Waals surface area contributed by atoms with Gasteiger partial charge in [0.05, 0.1) is 0 Å². The summed E-state index contributed by atoms with van der Waals surface area (Å²) in [5.41, 5.74) is 5.81. The van der Waals surface area contributed by atoms with Crippen LogP contribution in [0.2, 0.25) is 0 Å². The molecule has 51 heavy (non-hydrogen) atoms. The fourth-order valence-corrected chi connectivity index (χ4v) is 6.49. The van der Waals surface area contributed by atoms with E-state index in [0.717, 1.165) is 57.8 Å². The number of primary amides is 1. The van der Waals surface area contributed by atoms with Crippen molar-refractivity contribution in [1.82, 2.24) is 0 Å². The third-order valence-corrected chi connectivity index (χ3v) is 9.58. The lowest BCUT2D eigenvalue weighted by Crippen LogP contribution is -2.49. The number of carbonyl (C=O) groups excluding carboxylic acids is 4. The van der Waals surface area contributed by atoms with Crippen LogP contribution in [0.4, 0.5) is 0 Å². The first-order valence-corrected chi connectivity index (χ1v) is 20.3. The molecule has 2 N–H and O–H groups in total. The Kier molecular flexibility index (Phi) is 23.9. The Hall–Kier alpha value is -3.01. The zero-order chi connectivity index (χ0) is 37.1. The highest BCUT2D eigenvalue weighted by molar-refractivity contribution is 5.92. The van der Waals surface area contributed by atoms with Gasteiger partial charge in [-0.1, -0.05) is 136 Å². The number of rotatable bonds is 30. The zero-order valence-electron chi connectivity index (χ0n) is 32.1. The van der Waals surface area contributed by atoms with Gasteiger partial charge in [-0.2, -0.15) is 4.57 Å². The van der Waals surface area contributed by atoms with E-state index in [0.29, 0.717) is 19.3 Å².